The highest BCUT2D eigenvalue weighted by molar-refractivity contribution is 5.83. The molecule has 7 nitrogen and oxygen atoms in total. The van der Waals surface area contributed by atoms with Gasteiger partial charge < -0.3 is 15.5 Å². The highest BCUT2D eigenvalue weighted by atomic mass is 16.4. The molecule has 0 saturated heterocycles. The van der Waals surface area contributed by atoms with Crippen molar-refractivity contribution in [2.45, 2.75) is 32.0 Å². The summed E-state index contributed by atoms with van der Waals surface area (Å²) in [6.45, 7) is 1.68. The summed E-state index contributed by atoms with van der Waals surface area (Å²) in [4.78, 5) is 22.1. The van der Waals surface area contributed by atoms with Gasteiger partial charge in [-0.2, -0.15) is 5.10 Å². The second kappa shape index (κ2) is 6.00. The Morgan fingerprint density at radius 2 is 2.24 bits per heavy atom. The summed E-state index contributed by atoms with van der Waals surface area (Å²) in [6.07, 6.45) is 2.27. The van der Waals surface area contributed by atoms with Gasteiger partial charge in [-0.1, -0.05) is 0 Å². The molecule has 0 aliphatic heterocycles. The van der Waals surface area contributed by atoms with Gasteiger partial charge in [-0.25, -0.2) is 4.79 Å². The van der Waals surface area contributed by atoms with E-state index in [0.717, 1.165) is 0 Å². The summed E-state index contributed by atoms with van der Waals surface area (Å²) < 4.78 is 1.57. The Morgan fingerprint density at radius 1 is 1.53 bits per heavy atom. The van der Waals surface area contributed by atoms with E-state index in [1.807, 2.05) is 0 Å². The molecule has 0 radical (unpaired) electrons. The molecular formula is C10H15N3O4. The van der Waals surface area contributed by atoms with Crippen molar-refractivity contribution in [2.24, 2.45) is 0 Å². The van der Waals surface area contributed by atoms with Crippen LogP contribution < -0.4 is 5.32 Å². The van der Waals surface area contributed by atoms with E-state index in [4.69, 9.17) is 5.11 Å². The monoisotopic (exact) mass is 241 g/mol. The number of carbonyl (C=O) groups is 2. The number of nitrogens with one attached hydrogen (secondary N) is 1. The van der Waals surface area contributed by atoms with Gasteiger partial charge in [0.25, 0.3) is 0 Å². The van der Waals surface area contributed by atoms with Crippen molar-refractivity contribution in [1.29, 1.82) is 0 Å². The van der Waals surface area contributed by atoms with E-state index in [0.29, 0.717) is 6.54 Å². The fraction of sp³-hybridized carbons (Fsp3) is 0.500. The SMILES string of the molecule is C[C@@H](O)[C@H](NC(=O)CCn1cccn1)C(=O)O. The fourth-order valence-corrected chi connectivity index (χ4v) is 1.28. The molecule has 17 heavy (non-hydrogen) atoms. The van der Waals surface area contributed by atoms with Crippen LogP contribution >= 0.6 is 0 Å². The predicted molar refractivity (Wildman–Crippen MR) is 58.1 cm³/mol. The normalized spacial score (nSPS) is 14.0. The topological polar surface area (TPSA) is 104 Å². The maximum Gasteiger partial charge on any atom is 0.328 e. The predicted octanol–water partition coefficient (Wildman–Crippen LogP) is -0.777. The molecule has 94 valence electrons. The number of rotatable bonds is 6. The van der Waals surface area contributed by atoms with E-state index in [1.54, 1.807) is 23.1 Å². The Labute approximate surface area is 98.1 Å². The van der Waals surface area contributed by atoms with E-state index in [2.05, 4.69) is 10.4 Å². The van der Waals surface area contributed by atoms with E-state index in [1.165, 1.54) is 6.92 Å². The van der Waals surface area contributed by atoms with Crippen LogP contribution in [0.5, 0.6) is 0 Å². The van der Waals surface area contributed by atoms with Crippen molar-refractivity contribution in [3.63, 3.8) is 0 Å². The minimum Gasteiger partial charge on any atom is -0.480 e. The van der Waals surface area contributed by atoms with Crippen LogP contribution in [0.25, 0.3) is 0 Å². The molecule has 1 aromatic heterocycles. The number of carbonyl (C=O) groups excluding carboxylic acids is 1. The van der Waals surface area contributed by atoms with Crippen molar-refractivity contribution in [3.8, 4) is 0 Å². The number of aryl methyl sites for hydroxylation is 1. The van der Waals surface area contributed by atoms with Crippen LogP contribution in [0.1, 0.15) is 13.3 Å². The molecular weight excluding hydrogens is 226 g/mol. The number of aliphatic hydroxyl groups excluding tert-OH is 1. The minimum atomic E-state index is -1.28. The van der Waals surface area contributed by atoms with Gasteiger partial charge in [0.05, 0.1) is 6.10 Å². The molecule has 7 heteroatoms. The number of amides is 1. The lowest BCUT2D eigenvalue weighted by Crippen LogP contribution is -2.47. The Hall–Kier alpha value is -1.89. The summed E-state index contributed by atoms with van der Waals surface area (Å²) in [6, 6.07) is 0.452. The Morgan fingerprint density at radius 3 is 2.71 bits per heavy atom. The molecule has 0 aliphatic carbocycles. The fourth-order valence-electron chi connectivity index (χ4n) is 1.28. The van der Waals surface area contributed by atoms with Crippen molar-refractivity contribution < 1.29 is 19.8 Å². The van der Waals surface area contributed by atoms with Crippen LogP contribution in [-0.4, -0.2) is 44.0 Å². The Balaban J connectivity index is 2.40. The highest BCUT2D eigenvalue weighted by Gasteiger charge is 2.24. The molecule has 0 aliphatic rings. The van der Waals surface area contributed by atoms with Crippen molar-refractivity contribution in [3.05, 3.63) is 18.5 Å². The summed E-state index contributed by atoms with van der Waals surface area (Å²) in [5.74, 6) is -1.69. The van der Waals surface area contributed by atoms with Crippen LogP contribution in [-0.2, 0) is 16.1 Å². The van der Waals surface area contributed by atoms with Gasteiger partial charge in [-0.05, 0) is 13.0 Å². The number of hydrogen-bond acceptors (Lipinski definition) is 4. The maximum atomic E-state index is 11.4. The molecule has 0 aromatic carbocycles. The molecule has 2 atom stereocenters. The second-order valence-electron chi connectivity index (χ2n) is 3.64. The zero-order valence-corrected chi connectivity index (χ0v) is 9.41. The summed E-state index contributed by atoms with van der Waals surface area (Å²) in [5.41, 5.74) is 0. The van der Waals surface area contributed by atoms with Crippen LogP contribution in [0.15, 0.2) is 18.5 Å². The first-order chi connectivity index (χ1) is 8.00. The smallest absolute Gasteiger partial charge is 0.328 e. The lowest BCUT2D eigenvalue weighted by atomic mass is 10.2. The number of aliphatic carboxylic acids is 1. The minimum absolute atomic E-state index is 0.109. The first kappa shape index (κ1) is 13.2. The van der Waals surface area contributed by atoms with Crippen molar-refractivity contribution in [1.82, 2.24) is 15.1 Å². The average Bonchev–Trinajstić information content (AvgIpc) is 2.74. The number of aliphatic hydroxyl groups is 1. The third-order valence-corrected chi connectivity index (χ3v) is 2.19. The molecule has 0 bridgehead atoms. The van der Waals surface area contributed by atoms with Gasteiger partial charge in [0.2, 0.25) is 5.91 Å². The largest absolute Gasteiger partial charge is 0.480 e. The molecule has 0 spiro atoms. The summed E-state index contributed by atoms with van der Waals surface area (Å²) in [7, 11) is 0. The lowest BCUT2D eigenvalue weighted by molar-refractivity contribution is -0.144. The highest BCUT2D eigenvalue weighted by Crippen LogP contribution is 1.96. The summed E-state index contributed by atoms with van der Waals surface area (Å²) in [5, 5.41) is 24.1. The standard InChI is InChI=1S/C10H15N3O4/c1-7(14)9(10(16)17)12-8(15)3-6-13-5-2-4-11-13/h2,4-5,7,9,14H,3,6H2,1H3,(H,12,15)(H,16,17)/t7-,9+/m1/s1. The van der Waals surface area contributed by atoms with Crippen LogP contribution in [0.3, 0.4) is 0 Å². The van der Waals surface area contributed by atoms with Crippen molar-refractivity contribution >= 4 is 11.9 Å². The molecule has 0 fully saturated rings. The van der Waals surface area contributed by atoms with Crippen LogP contribution in [0, 0.1) is 0 Å². The van der Waals surface area contributed by atoms with E-state index in [-0.39, 0.29) is 6.42 Å². The van der Waals surface area contributed by atoms with Gasteiger partial charge in [-0.15, -0.1) is 0 Å². The first-order valence-corrected chi connectivity index (χ1v) is 5.18. The molecule has 1 aromatic rings. The first-order valence-electron chi connectivity index (χ1n) is 5.18. The second-order valence-corrected chi connectivity index (χ2v) is 3.64. The number of aromatic nitrogens is 2. The number of hydrogen-bond donors (Lipinski definition) is 3. The van der Waals surface area contributed by atoms with Gasteiger partial charge in [0, 0.05) is 25.4 Å². The number of carboxylic acids is 1. The van der Waals surface area contributed by atoms with Gasteiger partial charge in [0.1, 0.15) is 0 Å². The zero-order valence-electron chi connectivity index (χ0n) is 9.41. The zero-order chi connectivity index (χ0) is 12.8. The Bertz CT molecular complexity index is 375. The Kier molecular flexibility index (Phi) is 4.65. The molecule has 0 unspecified atom stereocenters. The molecule has 3 N–H and O–H groups in total. The van der Waals surface area contributed by atoms with E-state index >= 15 is 0 Å². The third-order valence-electron chi connectivity index (χ3n) is 2.19. The number of nitrogens with zero attached hydrogens (tertiary/aromatic N) is 2. The van der Waals surface area contributed by atoms with Gasteiger partial charge in [0.15, 0.2) is 6.04 Å². The molecule has 1 amide bonds. The summed E-state index contributed by atoms with van der Waals surface area (Å²) >= 11 is 0. The average molecular weight is 241 g/mol. The maximum absolute atomic E-state index is 11.4. The third kappa shape index (κ3) is 4.23. The molecule has 1 rings (SSSR count). The van der Waals surface area contributed by atoms with Gasteiger partial charge >= 0.3 is 5.97 Å². The van der Waals surface area contributed by atoms with Crippen LogP contribution in [0.2, 0.25) is 0 Å². The molecule has 1 heterocycles. The van der Waals surface area contributed by atoms with Crippen LogP contribution in [0.4, 0.5) is 0 Å². The van der Waals surface area contributed by atoms with Crippen molar-refractivity contribution in [2.75, 3.05) is 0 Å². The number of carboxylic acid groups (broad SMARTS) is 1. The van der Waals surface area contributed by atoms with E-state index < -0.39 is 24.0 Å². The van der Waals surface area contributed by atoms with E-state index in [9.17, 15) is 14.7 Å². The van der Waals surface area contributed by atoms with Gasteiger partial charge in [-0.3, -0.25) is 9.48 Å². The molecule has 0 saturated carbocycles. The quantitative estimate of drug-likeness (QED) is 0.606. The lowest BCUT2D eigenvalue weighted by Gasteiger charge is -2.16.